The highest BCUT2D eigenvalue weighted by Crippen LogP contribution is 2.41. The van der Waals surface area contributed by atoms with Crippen molar-refractivity contribution < 1.29 is 115 Å². The number of hydrogen-bond acceptors (Lipinski definition) is 30. The number of fused-ring (bicyclic) bond motifs is 6. The van der Waals surface area contributed by atoms with E-state index in [1.807, 2.05) is 119 Å². The summed E-state index contributed by atoms with van der Waals surface area (Å²) < 4.78 is 87.0. The maximum Gasteiger partial charge on any atom is 0.329 e. The van der Waals surface area contributed by atoms with Crippen molar-refractivity contribution in [3.8, 4) is 11.3 Å². The van der Waals surface area contributed by atoms with Gasteiger partial charge in [0.05, 0.1) is 129 Å². The number of hydrogen-bond donors (Lipinski definition) is 4. The molecule has 1 saturated carbocycles. The van der Waals surface area contributed by atoms with Crippen LogP contribution in [-0.2, 0) is 115 Å². The van der Waals surface area contributed by atoms with Crippen LogP contribution in [0.25, 0.3) is 33.4 Å². The van der Waals surface area contributed by atoms with Crippen LogP contribution in [0, 0.1) is 35.5 Å². The van der Waals surface area contributed by atoms with Crippen molar-refractivity contribution in [1.82, 2.24) is 34.5 Å². The zero-order valence-corrected chi connectivity index (χ0v) is 79.7. The number of carbonyl (C=O) groups excluding carboxylic acids is 6. The van der Waals surface area contributed by atoms with Crippen LogP contribution in [-0.4, -0.2) is 300 Å². The largest absolute Gasteiger partial charge is 0.460 e. The van der Waals surface area contributed by atoms with Gasteiger partial charge in [0.15, 0.2) is 17.0 Å². The summed E-state index contributed by atoms with van der Waals surface area (Å²) in [4.78, 5) is 102. The molecule has 728 valence electrons. The molecule has 3 fully saturated rings. The molecule has 2 amide bonds. The Morgan fingerprint density at radius 1 is 0.702 bits per heavy atom. The molecule has 33 heteroatoms. The van der Waals surface area contributed by atoms with Gasteiger partial charge >= 0.3 is 11.9 Å². The number of nitrogen functional groups attached to an aromatic ring is 1. The minimum atomic E-state index is -2.45. The van der Waals surface area contributed by atoms with E-state index in [-0.39, 0.29) is 73.3 Å². The fourth-order valence-electron chi connectivity index (χ4n) is 17.7. The Bertz CT molecular complexity index is 4510. The lowest BCUT2D eigenvalue weighted by molar-refractivity contribution is -0.265. The SMILES string of the molecule is CCOCCOCCOCCOCCC(=O)N1CCc2cc(Cn3nc(-c4ccc5oc(N)nc5c4)c4c(N(C)C)ncnc43)ccc2C1.CCOCCOCCOCCOCCCC(=O)O[C@@H]1CC[C@@H](C[C@@H](C)[C@@H]2C[C@@H](O)[C@H](C)/C=C(\C)[C@@H](O)[C@@H](OC)C(=O)[C@H](C)C[C@H](C)/C=C/C=C/C=C(\C)[C@@H](OC)C[C@@H]3CC[C@@H](C)[C@@](O)(O3)C(=O)C(=O)N3CCCC[C@H]3C(=O)O2)C[C@H]1OC. The molecular formula is C98H147N9O24. The lowest BCUT2D eigenvalue weighted by Gasteiger charge is -2.43. The quantitative estimate of drug-likeness (QED) is 0.0123. The fourth-order valence-corrected chi connectivity index (χ4v) is 17.7. The highest BCUT2D eigenvalue weighted by Gasteiger charge is 2.53. The summed E-state index contributed by atoms with van der Waals surface area (Å²) in [6, 6.07) is 11.1. The Labute approximate surface area is 772 Å². The highest BCUT2D eigenvalue weighted by molar-refractivity contribution is 6.39. The van der Waals surface area contributed by atoms with E-state index in [1.54, 1.807) is 47.4 Å². The minimum absolute atomic E-state index is 0.0100. The molecule has 0 spiro atoms. The number of ether oxygens (including phenoxy) is 14. The van der Waals surface area contributed by atoms with Gasteiger partial charge < -0.3 is 106 Å². The molecule has 2 saturated heterocycles. The van der Waals surface area contributed by atoms with Crippen LogP contribution in [0.4, 0.5) is 11.8 Å². The molecule has 5 aliphatic rings. The van der Waals surface area contributed by atoms with Crippen LogP contribution in [0.15, 0.2) is 94.7 Å². The number of cyclic esters (lactones) is 1. The Morgan fingerprint density at radius 3 is 2.05 bits per heavy atom. The molecule has 131 heavy (non-hydrogen) atoms. The van der Waals surface area contributed by atoms with E-state index in [9.17, 15) is 44.1 Å². The van der Waals surface area contributed by atoms with Gasteiger partial charge in [0.1, 0.15) is 53.8 Å². The number of carbonyl (C=O) groups is 6. The summed E-state index contributed by atoms with van der Waals surface area (Å²) in [6.45, 7) is 26.6. The van der Waals surface area contributed by atoms with Gasteiger partial charge in [0, 0.05) is 117 Å². The van der Waals surface area contributed by atoms with E-state index in [4.69, 9.17) is 81.6 Å². The van der Waals surface area contributed by atoms with Crippen LogP contribution >= 0.6 is 0 Å². The second-order valence-corrected chi connectivity index (χ2v) is 35.4. The third-order valence-electron chi connectivity index (χ3n) is 25.3. The maximum atomic E-state index is 14.7. The number of anilines is 2. The summed E-state index contributed by atoms with van der Waals surface area (Å²) in [6.07, 6.45) is 13.7. The third kappa shape index (κ3) is 31.9. The number of nitrogens with two attached hydrogens (primary N) is 1. The number of rotatable bonds is 38. The number of benzene rings is 2. The number of esters is 2. The fraction of sp³-hybridized carbons (Fsp3) is 0.673. The smallest absolute Gasteiger partial charge is 0.329 e. The molecule has 2 aromatic carbocycles. The second kappa shape index (κ2) is 54.9. The first-order valence-corrected chi connectivity index (χ1v) is 47.0. The van der Waals surface area contributed by atoms with Crippen molar-refractivity contribution in [2.24, 2.45) is 35.5 Å². The van der Waals surface area contributed by atoms with E-state index < -0.39 is 90.0 Å². The van der Waals surface area contributed by atoms with Crippen LogP contribution < -0.4 is 10.6 Å². The van der Waals surface area contributed by atoms with Crippen LogP contribution in [0.5, 0.6) is 0 Å². The van der Waals surface area contributed by atoms with Gasteiger partial charge in [-0.15, -0.1) is 0 Å². The van der Waals surface area contributed by atoms with Crippen molar-refractivity contribution in [3.05, 3.63) is 107 Å². The van der Waals surface area contributed by atoms with Gasteiger partial charge in [-0.2, -0.15) is 10.1 Å². The summed E-state index contributed by atoms with van der Waals surface area (Å²) in [5, 5.41) is 41.6. The molecule has 0 unspecified atom stereocenters. The highest BCUT2D eigenvalue weighted by atomic mass is 16.6. The van der Waals surface area contributed by atoms with E-state index >= 15 is 0 Å². The predicted molar refractivity (Wildman–Crippen MR) is 493 cm³/mol. The number of aromatic nitrogens is 5. The van der Waals surface area contributed by atoms with Gasteiger partial charge in [-0.05, 0) is 169 Å². The zero-order valence-electron chi connectivity index (χ0n) is 79.7. The van der Waals surface area contributed by atoms with Crippen LogP contribution in [0.2, 0.25) is 0 Å². The van der Waals surface area contributed by atoms with Gasteiger partial charge in [0.2, 0.25) is 11.7 Å². The van der Waals surface area contributed by atoms with Gasteiger partial charge in [-0.25, -0.2) is 19.4 Å². The first-order chi connectivity index (χ1) is 63.1. The number of piperidine rings is 1. The number of amides is 2. The Morgan fingerprint density at radius 2 is 1.38 bits per heavy atom. The van der Waals surface area contributed by atoms with E-state index in [0.717, 1.165) is 51.2 Å². The summed E-state index contributed by atoms with van der Waals surface area (Å²) in [5.41, 5.74) is 14.2. The lowest BCUT2D eigenvalue weighted by atomic mass is 9.78. The van der Waals surface area contributed by atoms with Crippen molar-refractivity contribution in [2.45, 2.75) is 239 Å². The van der Waals surface area contributed by atoms with E-state index in [2.05, 4.69) is 33.2 Å². The molecule has 5 N–H and O–H groups in total. The number of aliphatic hydroxyl groups is 3. The summed E-state index contributed by atoms with van der Waals surface area (Å²) >= 11 is 0. The Hall–Kier alpha value is -8.36. The average molecular weight is 1840 g/mol. The number of allylic oxidation sites excluding steroid dienone is 5. The van der Waals surface area contributed by atoms with Gasteiger partial charge in [-0.3, -0.25) is 24.0 Å². The van der Waals surface area contributed by atoms with Crippen LogP contribution in [0.1, 0.15) is 175 Å². The third-order valence-corrected chi connectivity index (χ3v) is 25.3. The molecule has 33 nitrogen and oxygen atoms in total. The summed E-state index contributed by atoms with van der Waals surface area (Å²) in [5.74, 6) is -7.12. The maximum absolute atomic E-state index is 14.7. The second-order valence-electron chi connectivity index (χ2n) is 35.4. The molecule has 10 rings (SSSR count). The van der Waals surface area contributed by atoms with Gasteiger partial charge in [-0.1, -0.05) is 89.3 Å². The number of aliphatic hydroxyl groups excluding tert-OH is 2. The molecular weight excluding hydrogens is 1690 g/mol. The molecule has 2 bridgehead atoms. The molecule has 4 aliphatic heterocycles. The molecule has 3 aromatic heterocycles. The first kappa shape index (κ1) is 106. The van der Waals surface area contributed by atoms with Crippen molar-refractivity contribution >= 4 is 69.3 Å². The number of Topliss-reactive ketones (excluding diaryl/α,β-unsaturated/α-hetero) is 2. The van der Waals surface area contributed by atoms with Crippen molar-refractivity contribution in [1.29, 1.82) is 0 Å². The topological polar surface area (TPSA) is 398 Å². The molecule has 7 heterocycles. The minimum Gasteiger partial charge on any atom is -0.460 e. The van der Waals surface area contributed by atoms with Crippen LogP contribution in [0.3, 0.4) is 0 Å². The monoisotopic (exact) mass is 1830 g/mol. The first-order valence-electron chi connectivity index (χ1n) is 47.0. The summed E-state index contributed by atoms with van der Waals surface area (Å²) in [7, 11) is 8.47. The Kier molecular flexibility index (Phi) is 44.5. The normalized spacial score (nSPS) is 27.0. The lowest BCUT2D eigenvalue weighted by Crippen LogP contribution is -2.61. The number of ketones is 2. The molecule has 0 radical (unpaired) electrons. The predicted octanol–water partition coefficient (Wildman–Crippen LogP) is 11.1. The molecule has 16 atom stereocenters. The van der Waals surface area contributed by atoms with Gasteiger partial charge in [0.25, 0.3) is 17.7 Å². The zero-order chi connectivity index (χ0) is 94.5. The molecule has 1 aliphatic carbocycles. The number of methoxy groups -OCH3 is 3. The number of oxazole rings is 1. The van der Waals surface area contributed by atoms with Crippen molar-refractivity contribution in [3.63, 3.8) is 0 Å². The van der Waals surface area contributed by atoms with E-state index in [1.165, 1.54) is 17.6 Å². The average Bonchev–Trinajstić information content (AvgIpc) is 1.50. The van der Waals surface area contributed by atoms with Crippen molar-refractivity contribution in [2.75, 3.05) is 165 Å². The molecule has 5 aromatic rings. The Balaban J connectivity index is 0.000000333. The standard InChI is InChI=1S/C63H103NO18.C35H44N8O6/c1-12-76-29-30-78-33-34-79-32-31-77-28-18-22-56(66)80-52-26-24-48(38-55(52)74-10)37-44(5)54-40-51(65)43(4)36-46(7)58(68)59(75-11)57(67)45(6)35-41(2)19-14-13-15-20-42(3)53(73-9)39-49-25-23-47(8)63(72,82-49)60(69)61(70)64-27-17-16-21-50(64)62(71)81-54;1-4-45-13-14-47-17-18-48-16-15-46-12-10-30(44)42-11-9-25-19-24(5-6-27(25)22-42)21-43-34-31(33(41(2)3)37-23-38-34)32(40-43)26-7-8-29-28(20-26)39-35(36)49-29/h13-15,19-20,36,41,43-45,47-55,58-59,65,68,72H,12,16-18,21-35,37-40H2,1-11H3;5-8,19-20,23H,4,9-18,21-22H2,1-3H3,(H2,36,39)/b15-13+,19-14+,42-20+,46-36+;/t41-,43-,44-,45-,47-,48+,49+,50+,51-,52-,53+,54+,55-,58-,59+,63-;/m1./s1. The number of nitrogens with zero attached hydrogens (tertiary/aromatic N) is 8. The van der Waals surface area contributed by atoms with E-state index in [0.29, 0.717) is 219 Å².